The van der Waals surface area contributed by atoms with Crippen LogP contribution in [0.1, 0.15) is 38.8 Å². The van der Waals surface area contributed by atoms with Crippen molar-refractivity contribution in [3.8, 4) is 5.75 Å². The summed E-state index contributed by atoms with van der Waals surface area (Å²) >= 11 is 0. The summed E-state index contributed by atoms with van der Waals surface area (Å²) in [7, 11) is 0. The van der Waals surface area contributed by atoms with Gasteiger partial charge in [-0.05, 0) is 44.9 Å². The highest BCUT2D eigenvalue weighted by atomic mass is 16.5. The lowest BCUT2D eigenvalue weighted by Crippen LogP contribution is -2.37. The van der Waals surface area contributed by atoms with Crippen molar-refractivity contribution in [2.24, 2.45) is 0 Å². The molecule has 20 heavy (non-hydrogen) atoms. The van der Waals surface area contributed by atoms with E-state index in [-0.39, 0.29) is 5.91 Å². The number of carbonyl (C=O) groups is 1. The zero-order chi connectivity index (χ0) is 14.4. The van der Waals surface area contributed by atoms with Crippen LogP contribution < -0.4 is 15.4 Å². The predicted octanol–water partition coefficient (Wildman–Crippen LogP) is 1.63. The van der Waals surface area contributed by atoms with Crippen LogP contribution in [0.5, 0.6) is 5.75 Å². The summed E-state index contributed by atoms with van der Waals surface area (Å²) in [5.74, 6) is 0.573. The number of carbonyl (C=O) groups excluding carboxylic acids is 1. The van der Waals surface area contributed by atoms with Crippen molar-refractivity contribution in [3.05, 3.63) is 24.0 Å². The van der Waals surface area contributed by atoms with Crippen LogP contribution in [-0.4, -0.2) is 29.6 Å². The maximum absolute atomic E-state index is 11.8. The first kappa shape index (κ1) is 14.8. The van der Waals surface area contributed by atoms with Gasteiger partial charge in [-0.3, -0.25) is 9.78 Å². The minimum Gasteiger partial charge on any atom is -0.479 e. The Labute approximate surface area is 120 Å². The zero-order valence-corrected chi connectivity index (χ0v) is 12.2. The van der Waals surface area contributed by atoms with Gasteiger partial charge in [0, 0.05) is 12.6 Å². The van der Waals surface area contributed by atoms with Crippen molar-refractivity contribution in [3.63, 3.8) is 0 Å². The zero-order valence-electron chi connectivity index (χ0n) is 12.2. The number of hydrogen-bond acceptors (Lipinski definition) is 4. The molecule has 2 N–H and O–H groups in total. The van der Waals surface area contributed by atoms with Gasteiger partial charge in [-0.15, -0.1) is 0 Å². The van der Waals surface area contributed by atoms with Crippen LogP contribution in [0.4, 0.5) is 0 Å². The Morgan fingerprint density at radius 3 is 2.90 bits per heavy atom. The first-order valence-corrected chi connectivity index (χ1v) is 7.31. The summed E-state index contributed by atoms with van der Waals surface area (Å²) in [6, 6.07) is 4.14. The van der Waals surface area contributed by atoms with E-state index < -0.39 is 6.10 Å². The van der Waals surface area contributed by atoms with Crippen LogP contribution in [0.15, 0.2) is 18.3 Å². The van der Waals surface area contributed by atoms with E-state index in [0.29, 0.717) is 11.8 Å². The average molecular weight is 277 g/mol. The van der Waals surface area contributed by atoms with E-state index >= 15 is 0 Å². The molecule has 1 amide bonds. The van der Waals surface area contributed by atoms with Crippen molar-refractivity contribution >= 4 is 5.91 Å². The molecule has 0 radical (unpaired) electrons. The molecular weight excluding hydrogens is 254 g/mol. The Bertz CT molecular complexity index is 429. The van der Waals surface area contributed by atoms with Crippen LogP contribution in [0.25, 0.3) is 0 Å². The second kappa shape index (κ2) is 7.24. The van der Waals surface area contributed by atoms with Crippen molar-refractivity contribution in [1.82, 2.24) is 15.6 Å². The molecular formula is C15H23N3O2. The van der Waals surface area contributed by atoms with E-state index in [2.05, 4.69) is 22.5 Å². The Balaban J connectivity index is 1.78. The molecule has 2 rings (SSSR count). The number of nitrogens with one attached hydrogen (secondary N) is 2. The maximum Gasteiger partial charge on any atom is 0.260 e. The topological polar surface area (TPSA) is 63.2 Å². The van der Waals surface area contributed by atoms with E-state index in [9.17, 15) is 4.79 Å². The Morgan fingerprint density at radius 2 is 2.30 bits per heavy atom. The summed E-state index contributed by atoms with van der Waals surface area (Å²) in [5.41, 5.74) is 0.973. The lowest BCUT2D eigenvalue weighted by Gasteiger charge is -2.14. The second-order valence-corrected chi connectivity index (χ2v) is 5.20. The Kier molecular flexibility index (Phi) is 5.35. The van der Waals surface area contributed by atoms with Gasteiger partial charge in [-0.1, -0.05) is 6.92 Å². The van der Waals surface area contributed by atoms with Gasteiger partial charge in [-0.25, -0.2) is 0 Å². The number of hydrogen-bond donors (Lipinski definition) is 2. The molecule has 1 unspecified atom stereocenters. The van der Waals surface area contributed by atoms with Gasteiger partial charge in [-0.2, -0.15) is 0 Å². The normalized spacial score (nSPS) is 15.7. The van der Waals surface area contributed by atoms with Crippen LogP contribution in [-0.2, 0) is 11.3 Å². The SMILES string of the molecule is CCCNCc1ccc(OC(C)C(=O)NC2CC2)cn1. The highest BCUT2D eigenvalue weighted by Crippen LogP contribution is 2.19. The summed E-state index contributed by atoms with van der Waals surface area (Å²) in [4.78, 5) is 16.1. The highest BCUT2D eigenvalue weighted by molar-refractivity contribution is 5.81. The van der Waals surface area contributed by atoms with E-state index in [1.54, 1.807) is 13.1 Å². The third kappa shape index (κ3) is 4.81. The monoisotopic (exact) mass is 277 g/mol. The van der Waals surface area contributed by atoms with Crippen LogP contribution in [0.2, 0.25) is 0 Å². The van der Waals surface area contributed by atoms with Gasteiger partial charge in [0.05, 0.1) is 11.9 Å². The molecule has 1 atom stereocenters. The molecule has 0 spiro atoms. The number of nitrogens with zero attached hydrogens (tertiary/aromatic N) is 1. The summed E-state index contributed by atoms with van der Waals surface area (Å²) in [6.07, 6.45) is 4.46. The Morgan fingerprint density at radius 1 is 1.50 bits per heavy atom. The largest absolute Gasteiger partial charge is 0.479 e. The van der Waals surface area contributed by atoms with Crippen LogP contribution in [0.3, 0.4) is 0 Å². The van der Waals surface area contributed by atoms with Gasteiger partial charge < -0.3 is 15.4 Å². The maximum atomic E-state index is 11.8. The summed E-state index contributed by atoms with van der Waals surface area (Å²) in [5, 5.41) is 6.22. The van der Waals surface area contributed by atoms with Crippen molar-refractivity contribution in [2.45, 2.75) is 51.8 Å². The molecule has 1 aromatic heterocycles. The predicted molar refractivity (Wildman–Crippen MR) is 77.5 cm³/mol. The molecule has 1 aromatic rings. The average Bonchev–Trinajstić information content (AvgIpc) is 3.25. The summed E-state index contributed by atoms with van der Waals surface area (Å²) < 4.78 is 5.59. The molecule has 5 heteroatoms. The van der Waals surface area contributed by atoms with Gasteiger partial charge >= 0.3 is 0 Å². The molecule has 1 aliphatic carbocycles. The number of aromatic nitrogens is 1. The van der Waals surface area contributed by atoms with Gasteiger partial charge in [0.25, 0.3) is 5.91 Å². The van der Waals surface area contributed by atoms with E-state index in [4.69, 9.17) is 4.74 Å². The fraction of sp³-hybridized carbons (Fsp3) is 0.600. The lowest BCUT2D eigenvalue weighted by atomic mass is 10.3. The van der Waals surface area contributed by atoms with E-state index in [1.165, 1.54) is 0 Å². The van der Waals surface area contributed by atoms with Gasteiger partial charge in [0.1, 0.15) is 5.75 Å². The van der Waals surface area contributed by atoms with E-state index in [0.717, 1.165) is 38.0 Å². The quantitative estimate of drug-likeness (QED) is 0.709. The van der Waals surface area contributed by atoms with Crippen molar-refractivity contribution < 1.29 is 9.53 Å². The molecule has 1 heterocycles. The van der Waals surface area contributed by atoms with Gasteiger partial charge in [0.15, 0.2) is 6.10 Å². The number of pyridine rings is 1. The molecule has 1 aliphatic rings. The number of amides is 1. The van der Waals surface area contributed by atoms with Crippen LogP contribution in [0, 0.1) is 0 Å². The van der Waals surface area contributed by atoms with Crippen molar-refractivity contribution in [2.75, 3.05) is 6.54 Å². The standard InChI is InChI=1S/C15H23N3O2/c1-3-8-16-9-13-6-7-14(10-17-13)20-11(2)15(19)18-12-4-5-12/h6-7,10-12,16H,3-5,8-9H2,1-2H3,(H,18,19). The molecule has 0 aromatic carbocycles. The first-order chi connectivity index (χ1) is 9.69. The van der Waals surface area contributed by atoms with Crippen molar-refractivity contribution in [1.29, 1.82) is 0 Å². The minimum atomic E-state index is -0.485. The van der Waals surface area contributed by atoms with Gasteiger partial charge in [0.2, 0.25) is 0 Å². The lowest BCUT2D eigenvalue weighted by molar-refractivity contribution is -0.127. The second-order valence-electron chi connectivity index (χ2n) is 5.20. The minimum absolute atomic E-state index is 0.0545. The molecule has 5 nitrogen and oxygen atoms in total. The third-order valence-corrected chi connectivity index (χ3v) is 3.14. The molecule has 1 saturated carbocycles. The fourth-order valence-electron chi connectivity index (χ4n) is 1.78. The molecule has 1 fully saturated rings. The smallest absolute Gasteiger partial charge is 0.260 e. The molecule has 0 saturated heterocycles. The number of ether oxygens (including phenoxy) is 1. The van der Waals surface area contributed by atoms with Crippen LogP contribution >= 0.6 is 0 Å². The Hall–Kier alpha value is -1.62. The molecule has 110 valence electrons. The first-order valence-electron chi connectivity index (χ1n) is 7.31. The number of rotatable bonds is 8. The summed E-state index contributed by atoms with van der Waals surface area (Å²) in [6.45, 7) is 5.63. The fourth-order valence-corrected chi connectivity index (χ4v) is 1.78. The molecule has 0 bridgehead atoms. The van der Waals surface area contributed by atoms with E-state index in [1.807, 2.05) is 12.1 Å². The third-order valence-electron chi connectivity index (χ3n) is 3.14. The molecule has 0 aliphatic heterocycles. The highest BCUT2D eigenvalue weighted by Gasteiger charge is 2.26.